The SMILES string of the molecule is O=[N+]([O-])Oc1nccn1/C=C(/Cl)c1ccc2ccccc2c1. The van der Waals surface area contributed by atoms with Crippen molar-refractivity contribution in [1.82, 2.24) is 9.55 Å². The Labute approximate surface area is 130 Å². The van der Waals surface area contributed by atoms with Crippen molar-refractivity contribution in [2.45, 2.75) is 0 Å². The average Bonchev–Trinajstić information content (AvgIpc) is 2.93. The molecule has 0 aliphatic carbocycles. The molecule has 0 spiro atoms. The van der Waals surface area contributed by atoms with Crippen LogP contribution in [0.5, 0.6) is 6.01 Å². The minimum absolute atomic E-state index is 0.163. The van der Waals surface area contributed by atoms with Crippen LogP contribution in [0.2, 0.25) is 0 Å². The molecule has 110 valence electrons. The number of aromatic nitrogens is 2. The second-order valence-corrected chi connectivity index (χ2v) is 4.88. The van der Waals surface area contributed by atoms with Crippen molar-refractivity contribution < 1.29 is 9.92 Å². The molecule has 6 nitrogen and oxygen atoms in total. The van der Waals surface area contributed by atoms with Gasteiger partial charge in [-0.1, -0.05) is 48.0 Å². The zero-order chi connectivity index (χ0) is 15.5. The van der Waals surface area contributed by atoms with Gasteiger partial charge in [0, 0.05) is 18.6 Å². The zero-order valence-corrected chi connectivity index (χ0v) is 12.0. The molecule has 0 radical (unpaired) electrons. The minimum Gasteiger partial charge on any atom is -0.286 e. The molecular formula is C15H10ClN3O3. The van der Waals surface area contributed by atoms with E-state index in [4.69, 9.17) is 11.6 Å². The molecule has 22 heavy (non-hydrogen) atoms. The summed E-state index contributed by atoms with van der Waals surface area (Å²) < 4.78 is 1.35. The summed E-state index contributed by atoms with van der Waals surface area (Å²) in [6.45, 7) is 0. The molecular weight excluding hydrogens is 306 g/mol. The highest BCUT2D eigenvalue weighted by Crippen LogP contribution is 2.25. The van der Waals surface area contributed by atoms with Gasteiger partial charge in [0.05, 0.1) is 5.03 Å². The van der Waals surface area contributed by atoms with E-state index in [9.17, 15) is 10.1 Å². The molecule has 0 amide bonds. The Balaban J connectivity index is 1.96. The number of fused-ring (bicyclic) bond motifs is 1. The maximum atomic E-state index is 10.4. The molecule has 2 aromatic carbocycles. The Hall–Kier alpha value is -2.86. The average molecular weight is 316 g/mol. The van der Waals surface area contributed by atoms with Gasteiger partial charge in [-0.2, -0.15) is 0 Å². The molecule has 3 aromatic rings. The van der Waals surface area contributed by atoms with Crippen LogP contribution in [0.25, 0.3) is 22.0 Å². The van der Waals surface area contributed by atoms with E-state index in [1.165, 1.54) is 23.2 Å². The number of rotatable bonds is 4. The first kappa shape index (κ1) is 14.1. The molecule has 0 unspecified atom stereocenters. The third kappa shape index (κ3) is 2.91. The number of imidazole rings is 1. The van der Waals surface area contributed by atoms with Gasteiger partial charge in [-0.05, 0) is 22.4 Å². The molecule has 1 heterocycles. The predicted octanol–water partition coefficient (Wildman–Crippen LogP) is 3.80. The summed E-state index contributed by atoms with van der Waals surface area (Å²) in [5.41, 5.74) is 0.793. The molecule has 0 fully saturated rings. The quantitative estimate of drug-likeness (QED) is 0.542. The Morgan fingerprint density at radius 1 is 1.27 bits per heavy atom. The molecule has 0 saturated carbocycles. The molecule has 1 aromatic heterocycles. The summed E-state index contributed by atoms with van der Waals surface area (Å²) in [5.74, 6) is 0. The number of benzene rings is 2. The third-order valence-corrected chi connectivity index (χ3v) is 3.38. The molecule has 0 aliphatic heterocycles. The molecule has 0 saturated heterocycles. The van der Waals surface area contributed by atoms with E-state index in [1.54, 1.807) is 0 Å². The molecule has 0 N–H and O–H groups in total. The van der Waals surface area contributed by atoms with E-state index in [1.807, 2.05) is 42.5 Å². The third-order valence-electron chi connectivity index (χ3n) is 3.07. The molecule has 0 aliphatic rings. The number of hydrogen-bond acceptors (Lipinski definition) is 4. The van der Waals surface area contributed by atoms with Gasteiger partial charge in [0.15, 0.2) is 0 Å². The lowest BCUT2D eigenvalue weighted by Crippen LogP contribution is -2.07. The van der Waals surface area contributed by atoms with Gasteiger partial charge in [0.2, 0.25) is 0 Å². The molecule has 7 heteroatoms. The molecule has 0 bridgehead atoms. The fourth-order valence-corrected chi connectivity index (χ4v) is 2.29. The van der Waals surface area contributed by atoms with Crippen molar-refractivity contribution in [3.63, 3.8) is 0 Å². The normalized spacial score (nSPS) is 11.6. The van der Waals surface area contributed by atoms with Crippen molar-refractivity contribution >= 4 is 33.6 Å². The summed E-state index contributed by atoms with van der Waals surface area (Å²) in [4.78, 5) is 18.5. The maximum absolute atomic E-state index is 10.4. The second-order valence-electron chi connectivity index (χ2n) is 4.47. The van der Waals surface area contributed by atoms with Crippen LogP contribution in [0, 0.1) is 10.1 Å². The van der Waals surface area contributed by atoms with Gasteiger partial charge < -0.3 is 0 Å². The van der Waals surface area contributed by atoms with E-state index in [0.717, 1.165) is 16.3 Å². The smallest absolute Gasteiger partial charge is 0.286 e. The lowest BCUT2D eigenvalue weighted by molar-refractivity contribution is -0.713. The highest BCUT2D eigenvalue weighted by Gasteiger charge is 2.07. The van der Waals surface area contributed by atoms with Crippen LogP contribution in [0.1, 0.15) is 5.56 Å². The van der Waals surface area contributed by atoms with E-state index in [2.05, 4.69) is 9.82 Å². The summed E-state index contributed by atoms with van der Waals surface area (Å²) in [5, 5.41) is 12.1. The monoisotopic (exact) mass is 315 g/mol. The van der Waals surface area contributed by atoms with Crippen LogP contribution in [-0.2, 0) is 0 Å². The van der Waals surface area contributed by atoms with Crippen LogP contribution in [-0.4, -0.2) is 14.6 Å². The number of hydrogen-bond donors (Lipinski definition) is 0. The van der Waals surface area contributed by atoms with Crippen molar-refractivity contribution in [3.8, 4) is 6.01 Å². The summed E-state index contributed by atoms with van der Waals surface area (Å²) in [7, 11) is 0. The van der Waals surface area contributed by atoms with E-state index >= 15 is 0 Å². The standard InChI is InChI=1S/C15H10ClN3O3/c16-14(10-18-8-7-17-15(18)22-19(20)21)13-6-5-11-3-1-2-4-12(11)9-13/h1-10H/b14-10+. The Kier molecular flexibility index (Phi) is 3.76. The van der Waals surface area contributed by atoms with Gasteiger partial charge in [-0.25, -0.2) is 9.82 Å². The van der Waals surface area contributed by atoms with Crippen molar-refractivity contribution in [2.24, 2.45) is 0 Å². The minimum atomic E-state index is -0.920. The van der Waals surface area contributed by atoms with Crippen LogP contribution < -0.4 is 4.84 Å². The molecule has 0 atom stereocenters. The van der Waals surface area contributed by atoms with Gasteiger partial charge in [0.1, 0.15) is 0 Å². The Bertz CT molecular complexity index is 873. The largest absolute Gasteiger partial charge is 0.302 e. The lowest BCUT2D eigenvalue weighted by atomic mass is 10.1. The highest BCUT2D eigenvalue weighted by atomic mass is 35.5. The van der Waals surface area contributed by atoms with Gasteiger partial charge >= 0.3 is 5.09 Å². The van der Waals surface area contributed by atoms with Crippen LogP contribution >= 0.6 is 11.6 Å². The van der Waals surface area contributed by atoms with Gasteiger partial charge in [0.25, 0.3) is 6.01 Å². The predicted molar refractivity (Wildman–Crippen MR) is 83.8 cm³/mol. The van der Waals surface area contributed by atoms with Crippen LogP contribution in [0.4, 0.5) is 0 Å². The number of nitrogens with zero attached hydrogens (tertiary/aromatic N) is 3. The topological polar surface area (TPSA) is 70.2 Å². The van der Waals surface area contributed by atoms with Crippen LogP contribution in [0.15, 0.2) is 54.9 Å². The van der Waals surface area contributed by atoms with E-state index in [0.29, 0.717) is 5.03 Å². The second kappa shape index (κ2) is 5.87. The summed E-state index contributed by atoms with van der Waals surface area (Å²) >= 11 is 6.29. The first-order valence-corrected chi connectivity index (χ1v) is 6.73. The summed E-state index contributed by atoms with van der Waals surface area (Å²) in [6, 6.07) is 13.5. The van der Waals surface area contributed by atoms with Crippen molar-refractivity contribution in [1.29, 1.82) is 0 Å². The molecule has 3 rings (SSSR count). The Morgan fingerprint density at radius 3 is 2.82 bits per heavy atom. The van der Waals surface area contributed by atoms with Crippen molar-refractivity contribution in [3.05, 3.63) is 70.5 Å². The Morgan fingerprint density at radius 2 is 2.05 bits per heavy atom. The fourth-order valence-electron chi connectivity index (χ4n) is 2.07. The van der Waals surface area contributed by atoms with Crippen LogP contribution in [0.3, 0.4) is 0 Å². The lowest BCUT2D eigenvalue weighted by Gasteiger charge is -2.04. The van der Waals surface area contributed by atoms with E-state index < -0.39 is 5.09 Å². The zero-order valence-electron chi connectivity index (χ0n) is 11.2. The summed E-state index contributed by atoms with van der Waals surface area (Å²) in [6.07, 6.45) is 4.42. The number of halogens is 1. The highest BCUT2D eigenvalue weighted by molar-refractivity contribution is 6.50. The van der Waals surface area contributed by atoms with Gasteiger partial charge in [-0.15, -0.1) is 10.1 Å². The first-order valence-electron chi connectivity index (χ1n) is 6.35. The fraction of sp³-hybridized carbons (Fsp3) is 0. The van der Waals surface area contributed by atoms with Gasteiger partial charge in [-0.3, -0.25) is 4.57 Å². The first-order chi connectivity index (χ1) is 10.6. The van der Waals surface area contributed by atoms with E-state index in [-0.39, 0.29) is 6.01 Å². The maximum Gasteiger partial charge on any atom is 0.302 e. The van der Waals surface area contributed by atoms with Crippen molar-refractivity contribution in [2.75, 3.05) is 0 Å².